The minimum atomic E-state index is -1.52. The minimum absolute atomic E-state index is 0.148. The van der Waals surface area contributed by atoms with Gasteiger partial charge in [0.15, 0.2) is 17.5 Å². The van der Waals surface area contributed by atoms with E-state index in [4.69, 9.17) is 4.74 Å². The van der Waals surface area contributed by atoms with E-state index in [1.807, 2.05) is 6.92 Å². The summed E-state index contributed by atoms with van der Waals surface area (Å²) in [4.78, 5) is 11.9. The number of rotatable bonds is 3. The van der Waals surface area contributed by atoms with E-state index in [2.05, 4.69) is 10.6 Å². The fourth-order valence-corrected chi connectivity index (χ4v) is 2.18. The Balaban J connectivity index is 2.00. The summed E-state index contributed by atoms with van der Waals surface area (Å²) in [6.07, 6.45) is 0.689. The molecule has 0 spiro atoms. The summed E-state index contributed by atoms with van der Waals surface area (Å²) in [7, 11) is 0. The van der Waals surface area contributed by atoms with Crippen LogP contribution < -0.4 is 10.6 Å². The highest BCUT2D eigenvalue weighted by Gasteiger charge is 2.31. The number of hydrogen-bond acceptors (Lipinski definition) is 2. The number of halogens is 3. The smallest absolute Gasteiger partial charge is 0.315 e. The molecule has 0 aliphatic carbocycles. The first kappa shape index (κ1) is 15.6. The van der Waals surface area contributed by atoms with E-state index in [0.29, 0.717) is 19.6 Å². The first-order valence-electron chi connectivity index (χ1n) is 6.61. The lowest BCUT2D eigenvalue weighted by Crippen LogP contribution is -2.51. The van der Waals surface area contributed by atoms with Crippen molar-refractivity contribution in [1.82, 2.24) is 10.6 Å². The van der Waals surface area contributed by atoms with E-state index in [0.717, 1.165) is 12.1 Å². The molecule has 1 saturated heterocycles. The molecule has 1 aromatic carbocycles. The Labute approximate surface area is 120 Å². The summed E-state index contributed by atoms with van der Waals surface area (Å²) in [6.45, 7) is 4.38. The molecule has 2 N–H and O–H groups in total. The van der Waals surface area contributed by atoms with Crippen LogP contribution in [0.3, 0.4) is 0 Å². The molecular formula is C14H17F3N2O2. The molecule has 1 aliphatic rings. The Hall–Kier alpha value is -1.76. The summed E-state index contributed by atoms with van der Waals surface area (Å²) < 4.78 is 44.4. The van der Waals surface area contributed by atoms with Crippen molar-refractivity contribution >= 4 is 6.03 Å². The third-order valence-corrected chi connectivity index (χ3v) is 3.49. The number of carbonyl (C=O) groups is 1. The van der Waals surface area contributed by atoms with Crippen LogP contribution in [0.1, 0.15) is 31.9 Å². The van der Waals surface area contributed by atoms with E-state index in [1.54, 1.807) is 6.92 Å². The normalized spacial score (nSPS) is 22.9. The summed E-state index contributed by atoms with van der Waals surface area (Å²) in [6, 6.07) is 0.592. The molecule has 7 heteroatoms. The molecular weight excluding hydrogens is 285 g/mol. The minimum Gasteiger partial charge on any atom is -0.379 e. The molecule has 1 aliphatic heterocycles. The molecule has 0 unspecified atom stereocenters. The van der Waals surface area contributed by atoms with Crippen LogP contribution in [0.4, 0.5) is 18.0 Å². The number of hydrogen-bond donors (Lipinski definition) is 2. The lowest BCUT2D eigenvalue weighted by molar-refractivity contribution is 0.170. The van der Waals surface area contributed by atoms with E-state index in [9.17, 15) is 18.0 Å². The second-order valence-corrected chi connectivity index (χ2v) is 5.48. The molecule has 1 aromatic rings. The fourth-order valence-electron chi connectivity index (χ4n) is 2.18. The zero-order valence-corrected chi connectivity index (χ0v) is 11.8. The van der Waals surface area contributed by atoms with Crippen molar-refractivity contribution in [2.75, 3.05) is 13.2 Å². The van der Waals surface area contributed by atoms with Crippen molar-refractivity contribution in [3.63, 3.8) is 0 Å². The van der Waals surface area contributed by atoms with Gasteiger partial charge in [0.25, 0.3) is 0 Å². The second-order valence-electron chi connectivity index (χ2n) is 5.48. The van der Waals surface area contributed by atoms with Crippen molar-refractivity contribution < 1.29 is 22.7 Å². The van der Waals surface area contributed by atoms with Gasteiger partial charge in [-0.2, -0.15) is 0 Å². The van der Waals surface area contributed by atoms with Gasteiger partial charge in [0.1, 0.15) is 0 Å². The maximum atomic E-state index is 13.2. The average molecular weight is 302 g/mol. The molecule has 1 fully saturated rings. The van der Waals surface area contributed by atoms with E-state index < -0.39 is 35.1 Å². The van der Waals surface area contributed by atoms with E-state index in [-0.39, 0.29) is 5.56 Å². The quantitative estimate of drug-likeness (QED) is 0.843. The molecule has 2 amide bonds. The molecule has 0 bridgehead atoms. The van der Waals surface area contributed by atoms with Gasteiger partial charge in [0, 0.05) is 6.61 Å². The van der Waals surface area contributed by atoms with Crippen molar-refractivity contribution in [2.45, 2.75) is 31.8 Å². The van der Waals surface area contributed by atoms with Crippen LogP contribution in [0.2, 0.25) is 0 Å². The van der Waals surface area contributed by atoms with Gasteiger partial charge in [0.05, 0.1) is 18.2 Å². The largest absolute Gasteiger partial charge is 0.379 e. The number of urea groups is 1. The first-order chi connectivity index (χ1) is 9.81. The Morgan fingerprint density at radius 2 is 1.95 bits per heavy atom. The second kappa shape index (κ2) is 5.93. The zero-order valence-electron chi connectivity index (χ0n) is 11.8. The number of carbonyl (C=O) groups excluding carboxylic acids is 1. The summed E-state index contributed by atoms with van der Waals surface area (Å²) >= 11 is 0. The highest BCUT2D eigenvalue weighted by atomic mass is 19.2. The summed E-state index contributed by atoms with van der Waals surface area (Å²) in [5.74, 6) is -4.09. The van der Waals surface area contributed by atoms with Gasteiger partial charge < -0.3 is 15.4 Å². The Bertz CT molecular complexity index is 522. The highest BCUT2D eigenvalue weighted by Crippen LogP contribution is 2.20. The van der Waals surface area contributed by atoms with Crippen LogP contribution in [0.15, 0.2) is 12.1 Å². The van der Waals surface area contributed by atoms with Gasteiger partial charge in [-0.1, -0.05) is 0 Å². The van der Waals surface area contributed by atoms with E-state index in [1.165, 1.54) is 0 Å². The van der Waals surface area contributed by atoms with Gasteiger partial charge in [-0.05, 0) is 38.0 Å². The molecule has 0 radical (unpaired) electrons. The molecule has 2 rings (SSSR count). The molecule has 4 nitrogen and oxygen atoms in total. The Kier molecular flexibility index (Phi) is 4.41. The number of nitrogens with one attached hydrogen (secondary N) is 2. The van der Waals surface area contributed by atoms with Crippen molar-refractivity contribution in [3.8, 4) is 0 Å². The van der Waals surface area contributed by atoms with Crippen LogP contribution in [-0.2, 0) is 4.74 Å². The summed E-state index contributed by atoms with van der Waals surface area (Å²) in [5.41, 5.74) is -0.308. The number of benzene rings is 1. The number of amides is 2. The average Bonchev–Trinajstić information content (AvgIpc) is 2.81. The molecule has 1 heterocycles. The monoisotopic (exact) mass is 302 g/mol. The first-order valence-corrected chi connectivity index (χ1v) is 6.61. The molecule has 116 valence electrons. The Morgan fingerprint density at radius 3 is 2.48 bits per heavy atom. The maximum absolute atomic E-state index is 13.2. The highest BCUT2D eigenvalue weighted by molar-refractivity contribution is 5.75. The van der Waals surface area contributed by atoms with Gasteiger partial charge >= 0.3 is 6.03 Å². The van der Waals surface area contributed by atoms with Gasteiger partial charge in [0.2, 0.25) is 0 Å². The zero-order chi connectivity index (χ0) is 15.6. The predicted octanol–water partition coefficient (Wildman–Crippen LogP) is 2.64. The van der Waals surface area contributed by atoms with Gasteiger partial charge in [-0.25, -0.2) is 18.0 Å². The van der Waals surface area contributed by atoms with Crippen LogP contribution >= 0.6 is 0 Å². The topological polar surface area (TPSA) is 50.4 Å². The molecule has 2 atom stereocenters. The van der Waals surface area contributed by atoms with Crippen LogP contribution in [0.25, 0.3) is 0 Å². The number of ether oxygens (including phenoxy) is 1. The van der Waals surface area contributed by atoms with Crippen molar-refractivity contribution in [2.24, 2.45) is 0 Å². The molecule has 0 aromatic heterocycles. The maximum Gasteiger partial charge on any atom is 0.315 e. The lowest BCUT2D eigenvalue weighted by Gasteiger charge is -2.25. The molecule has 0 saturated carbocycles. The lowest BCUT2D eigenvalue weighted by atomic mass is 10.0. The van der Waals surface area contributed by atoms with Crippen LogP contribution in [-0.4, -0.2) is 24.8 Å². The third-order valence-electron chi connectivity index (χ3n) is 3.49. The predicted molar refractivity (Wildman–Crippen MR) is 70.2 cm³/mol. The van der Waals surface area contributed by atoms with Crippen molar-refractivity contribution in [1.29, 1.82) is 0 Å². The summed E-state index contributed by atoms with van der Waals surface area (Å²) in [5, 5.41) is 5.32. The standard InChI is InChI=1S/C14H17F3N2O2/c1-8(9-5-10(15)12(17)11(16)6-9)18-13(20)19-14(2)3-4-21-7-14/h5-6,8H,3-4,7H2,1-2H3,(H2,18,19,20)/t8-,14-/m1/s1. The molecule has 21 heavy (non-hydrogen) atoms. The van der Waals surface area contributed by atoms with Gasteiger partial charge in [-0.3, -0.25) is 0 Å². The Morgan fingerprint density at radius 1 is 1.33 bits per heavy atom. The van der Waals surface area contributed by atoms with Gasteiger partial charge in [-0.15, -0.1) is 0 Å². The van der Waals surface area contributed by atoms with Crippen LogP contribution in [0, 0.1) is 17.5 Å². The van der Waals surface area contributed by atoms with Crippen molar-refractivity contribution in [3.05, 3.63) is 35.1 Å². The van der Waals surface area contributed by atoms with E-state index >= 15 is 0 Å². The fraction of sp³-hybridized carbons (Fsp3) is 0.500. The van der Waals surface area contributed by atoms with Crippen LogP contribution in [0.5, 0.6) is 0 Å². The SMILES string of the molecule is C[C@@H](NC(=O)N[C@]1(C)CCOC1)c1cc(F)c(F)c(F)c1. The third kappa shape index (κ3) is 3.66.